The maximum Gasteiger partial charge on any atom is 0.269 e. The summed E-state index contributed by atoms with van der Waals surface area (Å²) in [4.78, 5) is 10.4. The summed E-state index contributed by atoms with van der Waals surface area (Å²) < 4.78 is 0. The lowest BCUT2D eigenvalue weighted by Crippen LogP contribution is -2.26. The van der Waals surface area contributed by atoms with Crippen LogP contribution in [0.1, 0.15) is 36.6 Å². The van der Waals surface area contributed by atoms with Crippen LogP contribution in [0.3, 0.4) is 0 Å². The van der Waals surface area contributed by atoms with Gasteiger partial charge in [-0.3, -0.25) is 10.1 Å². The number of nitrogens with zero attached hydrogens (tertiary/aromatic N) is 1. The Hall–Kier alpha value is -1.76. The number of nitrogens with one attached hydrogen (secondary N) is 1. The minimum Gasteiger partial charge on any atom is -0.387 e. The fraction of sp³-hybridized carbons (Fsp3) is 0.333. The van der Waals surface area contributed by atoms with Crippen LogP contribution in [0.2, 0.25) is 0 Å². The van der Waals surface area contributed by atoms with Crippen molar-refractivity contribution in [2.45, 2.75) is 25.5 Å². The van der Waals surface area contributed by atoms with Crippen molar-refractivity contribution in [3.63, 3.8) is 0 Å². The molecule has 6 heteroatoms. The third-order valence-electron chi connectivity index (χ3n) is 3.38. The molecular formula is C15H18N2O3S. The van der Waals surface area contributed by atoms with E-state index in [-0.39, 0.29) is 11.7 Å². The van der Waals surface area contributed by atoms with E-state index >= 15 is 0 Å². The van der Waals surface area contributed by atoms with E-state index in [0.717, 1.165) is 17.5 Å². The standard InChI is InChI=1S/C15H18N2O3S/c1-2-14(11-4-3-5-13(8-11)17(19)20)16-9-15(18)12-6-7-21-10-12/h3-8,10,14-16,18H,2,9H2,1H3. The van der Waals surface area contributed by atoms with Gasteiger partial charge in [0.15, 0.2) is 0 Å². The lowest BCUT2D eigenvalue weighted by Gasteiger charge is -2.19. The molecule has 0 spiro atoms. The van der Waals surface area contributed by atoms with Crippen molar-refractivity contribution in [2.24, 2.45) is 0 Å². The highest BCUT2D eigenvalue weighted by Crippen LogP contribution is 2.23. The molecule has 0 bridgehead atoms. The number of nitro groups is 1. The van der Waals surface area contributed by atoms with Gasteiger partial charge in [-0.1, -0.05) is 19.1 Å². The van der Waals surface area contributed by atoms with Crippen LogP contribution in [0.4, 0.5) is 5.69 Å². The van der Waals surface area contributed by atoms with Crippen molar-refractivity contribution in [2.75, 3.05) is 6.54 Å². The average molecular weight is 306 g/mol. The number of hydrogen-bond donors (Lipinski definition) is 2. The summed E-state index contributed by atoms with van der Waals surface area (Å²) in [7, 11) is 0. The van der Waals surface area contributed by atoms with Gasteiger partial charge < -0.3 is 10.4 Å². The molecule has 0 amide bonds. The Bertz CT molecular complexity index is 586. The second-order valence-corrected chi connectivity index (χ2v) is 5.57. The second kappa shape index (κ2) is 7.31. The Morgan fingerprint density at radius 3 is 2.81 bits per heavy atom. The number of non-ortho nitro benzene ring substituents is 1. The van der Waals surface area contributed by atoms with Gasteiger partial charge in [-0.25, -0.2) is 0 Å². The van der Waals surface area contributed by atoms with Gasteiger partial charge in [-0.15, -0.1) is 0 Å². The molecule has 0 fully saturated rings. The molecule has 0 aliphatic rings. The third-order valence-corrected chi connectivity index (χ3v) is 4.08. The van der Waals surface area contributed by atoms with Crippen LogP contribution in [-0.4, -0.2) is 16.6 Å². The van der Waals surface area contributed by atoms with Crippen molar-refractivity contribution in [3.05, 3.63) is 62.3 Å². The van der Waals surface area contributed by atoms with E-state index in [4.69, 9.17) is 0 Å². The number of hydrogen-bond acceptors (Lipinski definition) is 5. The molecule has 1 heterocycles. The van der Waals surface area contributed by atoms with Crippen molar-refractivity contribution >= 4 is 17.0 Å². The van der Waals surface area contributed by atoms with Gasteiger partial charge in [0.05, 0.1) is 11.0 Å². The number of aliphatic hydroxyl groups is 1. The average Bonchev–Trinajstić information content (AvgIpc) is 3.02. The van der Waals surface area contributed by atoms with Gasteiger partial charge in [-0.05, 0) is 34.4 Å². The molecule has 112 valence electrons. The molecule has 2 N–H and O–H groups in total. The second-order valence-electron chi connectivity index (χ2n) is 4.79. The zero-order valence-corrected chi connectivity index (χ0v) is 12.5. The summed E-state index contributed by atoms with van der Waals surface area (Å²) in [6, 6.07) is 8.50. The van der Waals surface area contributed by atoms with E-state index in [1.54, 1.807) is 23.5 Å². The lowest BCUT2D eigenvalue weighted by atomic mass is 10.0. The zero-order chi connectivity index (χ0) is 15.2. The Morgan fingerprint density at radius 2 is 2.19 bits per heavy atom. The van der Waals surface area contributed by atoms with Crippen LogP contribution in [0, 0.1) is 10.1 Å². The molecule has 2 atom stereocenters. The number of thiophene rings is 1. The zero-order valence-electron chi connectivity index (χ0n) is 11.7. The van der Waals surface area contributed by atoms with E-state index < -0.39 is 11.0 Å². The molecule has 2 rings (SSSR count). The summed E-state index contributed by atoms with van der Waals surface area (Å²) >= 11 is 1.55. The van der Waals surface area contributed by atoms with Crippen LogP contribution in [0.15, 0.2) is 41.1 Å². The molecule has 0 aliphatic heterocycles. The van der Waals surface area contributed by atoms with E-state index in [2.05, 4.69) is 5.32 Å². The summed E-state index contributed by atoms with van der Waals surface area (Å²) in [6.07, 6.45) is 0.223. The van der Waals surface area contributed by atoms with Crippen molar-refractivity contribution in [1.82, 2.24) is 5.32 Å². The van der Waals surface area contributed by atoms with Crippen molar-refractivity contribution in [3.8, 4) is 0 Å². The van der Waals surface area contributed by atoms with Gasteiger partial charge >= 0.3 is 0 Å². The highest BCUT2D eigenvalue weighted by molar-refractivity contribution is 7.07. The number of benzene rings is 1. The van der Waals surface area contributed by atoms with Crippen LogP contribution in [0.25, 0.3) is 0 Å². The van der Waals surface area contributed by atoms with E-state index in [9.17, 15) is 15.2 Å². The van der Waals surface area contributed by atoms with Gasteiger partial charge in [0.2, 0.25) is 0 Å². The molecule has 0 radical (unpaired) electrons. The predicted molar refractivity (Wildman–Crippen MR) is 83.4 cm³/mol. The highest BCUT2D eigenvalue weighted by Gasteiger charge is 2.15. The fourth-order valence-electron chi connectivity index (χ4n) is 2.19. The summed E-state index contributed by atoms with van der Waals surface area (Å²) in [6.45, 7) is 2.42. The van der Waals surface area contributed by atoms with Crippen LogP contribution in [0.5, 0.6) is 0 Å². The minimum absolute atomic E-state index is 0.0156. The van der Waals surface area contributed by atoms with E-state index in [1.165, 1.54) is 6.07 Å². The SMILES string of the molecule is CCC(NCC(O)c1ccsc1)c1cccc([N+](=O)[O-])c1. The number of nitro benzene ring substituents is 1. The largest absolute Gasteiger partial charge is 0.387 e. The normalized spacial score (nSPS) is 13.8. The fourth-order valence-corrected chi connectivity index (χ4v) is 2.90. The highest BCUT2D eigenvalue weighted by atomic mass is 32.1. The van der Waals surface area contributed by atoms with E-state index in [1.807, 2.05) is 29.8 Å². The summed E-state index contributed by atoms with van der Waals surface area (Å²) in [5.74, 6) is 0. The summed E-state index contributed by atoms with van der Waals surface area (Å²) in [5.41, 5.74) is 1.84. The molecular weight excluding hydrogens is 288 g/mol. The number of aliphatic hydroxyl groups excluding tert-OH is 1. The maximum atomic E-state index is 10.8. The van der Waals surface area contributed by atoms with Gasteiger partial charge in [0.1, 0.15) is 0 Å². The molecule has 2 aromatic rings. The molecule has 1 aromatic carbocycles. The Labute approximate surface area is 127 Å². The molecule has 0 saturated carbocycles. The predicted octanol–water partition coefficient (Wildman–Crippen LogP) is 3.43. The first-order chi connectivity index (χ1) is 10.1. The monoisotopic (exact) mass is 306 g/mol. The first-order valence-electron chi connectivity index (χ1n) is 6.79. The first-order valence-corrected chi connectivity index (χ1v) is 7.74. The van der Waals surface area contributed by atoms with Gasteiger partial charge in [0.25, 0.3) is 5.69 Å². The molecule has 1 aromatic heterocycles. The minimum atomic E-state index is -0.566. The Morgan fingerprint density at radius 1 is 1.38 bits per heavy atom. The maximum absolute atomic E-state index is 10.8. The van der Waals surface area contributed by atoms with E-state index in [0.29, 0.717) is 6.54 Å². The van der Waals surface area contributed by atoms with Gasteiger partial charge in [0, 0.05) is 24.7 Å². The van der Waals surface area contributed by atoms with Crippen molar-refractivity contribution < 1.29 is 10.0 Å². The topological polar surface area (TPSA) is 75.4 Å². The smallest absolute Gasteiger partial charge is 0.269 e. The quantitative estimate of drug-likeness (QED) is 0.607. The number of rotatable bonds is 7. The molecule has 0 aliphatic carbocycles. The first kappa shape index (κ1) is 15.6. The van der Waals surface area contributed by atoms with Crippen molar-refractivity contribution in [1.29, 1.82) is 0 Å². The molecule has 21 heavy (non-hydrogen) atoms. The Balaban J connectivity index is 2.03. The lowest BCUT2D eigenvalue weighted by molar-refractivity contribution is -0.384. The van der Waals surface area contributed by atoms with Crippen LogP contribution in [-0.2, 0) is 0 Å². The Kier molecular flexibility index (Phi) is 5.44. The van der Waals surface area contributed by atoms with Crippen LogP contribution < -0.4 is 5.32 Å². The van der Waals surface area contributed by atoms with Gasteiger partial charge in [-0.2, -0.15) is 11.3 Å². The third kappa shape index (κ3) is 4.10. The molecule has 0 saturated heterocycles. The molecule has 2 unspecified atom stereocenters. The van der Waals surface area contributed by atoms with Crippen LogP contribution >= 0.6 is 11.3 Å². The summed E-state index contributed by atoms with van der Waals surface area (Å²) in [5, 5.41) is 28.0. The molecule has 5 nitrogen and oxygen atoms in total.